The largest absolute Gasteiger partial charge is 0.490 e. The molecular formula is C26H22ClF3N4O3. The van der Waals surface area contributed by atoms with Gasteiger partial charge in [-0.25, -0.2) is 9.78 Å². The number of nitrogens with zero attached hydrogens (tertiary/aromatic N) is 3. The number of anilines is 1. The van der Waals surface area contributed by atoms with E-state index >= 15 is 0 Å². The second-order valence-corrected chi connectivity index (χ2v) is 8.62. The van der Waals surface area contributed by atoms with Gasteiger partial charge >= 0.3 is 12.1 Å². The van der Waals surface area contributed by atoms with Crippen LogP contribution in [0.5, 0.6) is 0 Å². The Morgan fingerprint density at radius 2 is 1.89 bits per heavy atom. The molecule has 0 radical (unpaired) electrons. The number of rotatable bonds is 3. The third kappa shape index (κ3) is 6.37. The minimum atomic E-state index is -5.08. The first-order chi connectivity index (χ1) is 17.4. The number of carboxylic acid groups (broad SMARTS) is 1. The number of aromatic nitrogens is 1. The summed E-state index contributed by atoms with van der Waals surface area (Å²) in [7, 11) is 0. The number of alkyl halides is 3. The fraction of sp³-hybridized carbons (Fsp3) is 0.231. The van der Waals surface area contributed by atoms with Crippen LogP contribution in [0.25, 0.3) is 11.1 Å². The molecule has 11 heteroatoms. The van der Waals surface area contributed by atoms with Crippen LogP contribution in [0.2, 0.25) is 5.02 Å². The summed E-state index contributed by atoms with van der Waals surface area (Å²) in [6.45, 7) is 2.65. The molecule has 0 saturated heterocycles. The number of pyridine rings is 1. The maximum Gasteiger partial charge on any atom is 0.490 e. The maximum atomic E-state index is 13.1. The van der Waals surface area contributed by atoms with Crippen molar-refractivity contribution in [3.63, 3.8) is 0 Å². The molecular weight excluding hydrogens is 509 g/mol. The number of nitrogen functional groups attached to an aromatic ring is 1. The van der Waals surface area contributed by atoms with Crippen molar-refractivity contribution in [2.75, 3.05) is 12.3 Å². The number of carbonyl (C=O) groups is 2. The standard InChI is InChI=1S/C24H21ClN4O.C2HF3O2/c1-15-18-5-3-6-19(17-8-9-23(27)28-14-17)20(18)10-11-29(15)24(30)12-21-16(13-26)4-2-7-22(21)25;3-2(4,5)1(6)7/h2-9,14-15H,10-12H2,1H3,(H2,27,28);(H,6,7)/t15-;/m0./s1. The summed E-state index contributed by atoms with van der Waals surface area (Å²) in [5.41, 5.74) is 11.3. The third-order valence-electron chi connectivity index (χ3n) is 5.96. The van der Waals surface area contributed by atoms with E-state index in [-0.39, 0.29) is 18.4 Å². The number of nitrogens with two attached hydrogens (primary N) is 1. The molecule has 0 spiro atoms. The summed E-state index contributed by atoms with van der Waals surface area (Å²) in [6.07, 6.45) is -2.43. The van der Waals surface area contributed by atoms with Crippen LogP contribution < -0.4 is 5.73 Å². The number of benzene rings is 2. The van der Waals surface area contributed by atoms with Gasteiger partial charge in [0.2, 0.25) is 5.91 Å². The molecule has 2 heterocycles. The van der Waals surface area contributed by atoms with Crippen LogP contribution in [-0.2, 0) is 22.4 Å². The summed E-state index contributed by atoms with van der Waals surface area (Å²) in [5, 5.41) is 16.9. The van der Waals surface area contributed by atoms with Crippen LogP contribution in [0.3, 0.4) is 0 Å². The molecule has 3 aromatic rings. The lowest BCUT2D eigenvalue weighted by Gasteiger charge is -2.36. The van der Waals surface area contributed by atoms with E-state index in [9.17, 15) is 23.2 Å². The molecule has 2 aromatic carbocycles. The molecule has 0 saturated carbocycles. The Morgan fingerprint density at radius 1 is 1.22 bits per heavy atom. The topological polar surface area (TPSA) is 120 Å². The summed E-state index contributed by atoms with van der Waals surface area (Å²) in [5.74, 6) is -2.30. The molecule has 0 fully saturated rings. The molecule has 37 heavy (non-hydrogen) atoms. The molecule has 192 valence electrons. The quantitative estimate of drug-likeness (QED) is 0.481. The Morgan fingerprint density at radius 3 is 2.49 bits per heavy atom. The second-order valence-electron chi connectivity index (χ2n) is 8.22. The van der Waals surface area contributed by atoms with Gasteiger partial charge in [-0.3, -0.25) is 4.79 Å². The molecule has 0 aliphatic carbocycles. The molecule has 1 aromatic heterocycles. The van der Waals surface area contributed by atoms with E-state index in [0.29, 0.717) is 28.5 Å². The predicted molar refractivity (Wildman–Crippen MR) is 131 cm³/mol. The number of hydrogen-bond acceptors (Lipinski definition) is 5. The monoisotopic (exact) mass is 530 g/mol. The lowest BCUT2D eigenvalue weighted by molar-refractivity contribution is -0.192. The SMILES string of the molecule is C[C@H]1c2cccc(-c3ccc(N)nc3)c2CCN1C(=O)Cc1c(Cl)cccc1C#N.O=C(O)C(F)(F)F. The average molecular weight is 531 g/mol. The van der Waals surface area contributed by atoms with E-state index < -0.39 is 12.1 Å². The zero-order chi connectivity index (χ0) is 27.3. The van der Waals surface area contributed by atoms with Gasteiger partial charge in [-0.05, 0) is 59.9 Å². The van der Waals surface area contributed by atoms with E-state index in [1.165, 1.54) is 5.56 Å². The van der Waals surface area contributed by atoms with Crippen molar-refractivity contribution in [1.82, 2.24) is 9.88 Å². The summed E-state index contributed by atoms with van der Waals surface area (Å²) < 4.78 is 31.7. The number of amides is 1. The van der Waals surface area contributed by atoms with Gasteiger partial charge in [-0.15, -0.1) is 0 Å². The second kappa shape index (κ2) is 11.3. The Hall–Kier alpha value is -4.10. The van der Waals surface area contributed by atoms with E-state index in [1.54, 1.807) is 30.5 Å². The van der Waals surface area contributed by atoms with Crippen LogP contribution in [0.1, 0.15) is 35.2 Å². The van der Waals surface area contributed by atoms with Gasteiger partial charge in [0.1, 0.15) is 5.82 Å². The lowest BCUT2D eigenvalue weighted by atomic mass is 9.87. The van der Waals surface area contributed by atoms with E-state index in [1.807, 2.05) is 24.0 Å². The van der Waals surface area contributed by atoms with Crippen LogP contribution in [-0.4, -0.2) is 39.6 Å². The number of nitriles is 1. The zero-order valence-corrected chi connectivity index (χ0v) is 20.3. The van der Waals surface area contributed by atoms with Gasteiger partial charge in [0.15, 0.2) is 0 Å². The number of halogens is 4. The number of fused-ring (bicyclic) bond motifs is 1. The van der Waals surface area contributed by atoms with Crippen LogP contribution in [0.15, 0.2) is 54.7 Å². The predicted octanol–water partition coefficient (Wildman–Crippen LogP) is 5.18. The van der Waals surface area contributed by atoms with E-state index in [0.717, 1.165) is 23.1 Å². The highest BCUT2D eigenvalue weighted by molar-refractivity contribution is 6.31. The van der Waals surface area contributed by atoms with Gasteiger partial charge in [0.25, 0.3) is 0 Å². The fourth-order valence-electron chi connectivity index (χ4n) is 4.14. The summed E-state index contributed by atoms with van der Waals surface area (Å²) in [4.78, 5) is 28.1. The Labute approximate surface area is 215 Å². The normalized spacial score (nSPS) is 14.6. The minimum Gasteiger partial charge on any atom is -0.475 e. The molecule has 1 aliphatic heterocycles. The lowest BCUT2D eigenvalue weighted by Crippen LogP contribution is -2.40. The van der Waals surface area contributed by atoms with E-state index in [4.69, 9.17) is 27.2 Å². The van der Waals surface area contributed by atoms with Gasteiger partial charge < -0.3 is 15.7 Å². The molecule has 3 N–H and O–H groups in total. The van der Waals surface area contributed by atoms with Crippen LogP contribution >= 0.6 is 11.6 Å². The van der Waals surface area contributed by atoms with Crippen molar-refractivity contribution in [3.8, 4) is 17.2 Å². The van der Waals surface area contributed by atoms with Gasteiger partial charge in [-0.2, -0.15) is 18.4 Å². The fourth-order valence-corrected chi connectivity index (χ4v) is 4.38. The van der Waals surface area contributed by atoms with E-state index in [2.05, 4.69) is 23.2 Å². The Bertz CT molecular complexity index is 1350. The molecule has 0 unspecified atom stereocenters. The van der Waals surface area contributed by atoms with Crippen molar-refractivity contribution in [1.29, 1.82) is 5.26 Å². The molecule has 1 aliphatic rings. The highest BCUT2D eigenvalue weighted by Crippen LogP contribution is 2.36. The highest BCUT2D eigenvalue weighted by Gasteiger charge is 2.38. The molecule has 7 nitrogen and oxygen atoms in total. The van der Waals surface area contributed by atoms with Crippen LogP contribution in [0, 0.1) is 11.3 Å². The first kappa shape index (κ1) is 27.5. The Kier molecular flexibility index (Phi) is 8.40. The molecule has 4 rings (SSSR count). The molecule has 1 atom stereocenters. The number of aliphatic carboxylic acids is 1. The first-order valence-corrected chi connectivity index (χ1v) is 11.4. The van der Waals surface area contributed by atoms with Gasteiger partial charge in [-0.1, -0.05) is 35.9 Å². The van der Waals surface area contributed by atoms with Gasteiger partial charge in [0, 0.05) is 23.3 Å². The number of hydrogen-bond donors (Lipinski definition) is 2. The van der Waals surface area contributed by atoms with Crippen molar-refractivity contribution < 1.29 is 27.9 Å². The molecule has 0 bridgehead atoms. The average Bonchev–Trinajstić information content (AvgIpc) is 2.85. The summed E-state index contributed by atoms with van der Waals surface area (Å²) in [6, 6.07) is 17.1. The van der Waals surface area contributed by atoms with Crippen molar-refractivity contribution >= 4 is 29.3 Å². The Balaban J connectivity index is 0.000000479. The molecule has 1 amide bonds. The summed E-state index contributed by atoms with van der Waals surface area (Å²) >= 11 is 6.27. The van der Waals surface area contributed by atoms with Crippen LogP contribution in [0.4, 0.5) is 19.0 Å². The minimum absolute atomic E-state index is 0.0303. The highest BCUT2D eigenvalue weighted by atomic mass is 35.5. The van der Waals surface area contributed by atoms with Crippen molar-refractivity contribution in [3.05, 3.63) is 82.0 Å². The van der Waals surface area contributed by atoms with Crippen molar-refractivity contribution in [2.45, 2.75) is 32.0 Å². The maximum absolute atomic E-state index is 13.1. The van der Waals surface area contributed by atoms with Gasteiger partial charge in [0.05, 0.1) is 24.1 Å². The van der Waals surface area contributed by atoms with Crippen molar-refractivity contribution in [2.24, 2.45) is 0 Å². The number of carboxylic acids is 1. The zero-order valence-electron chi connectivity index (χ0n) is 19.6. The smallest absolute Gasteiger partial charge is 0.475 e. The first-order valence-electron chi connectivity index (χ1n) is 11.0. The third-order valence-corrected chi connectivity index (χ3v) is 6.31. The number of carbonyl (C=O) groups excluding carboxylic acids is 1.